The molecule has 0 fully saturated rings. The molecule has 4 nitrogen and oxygen atoms in total. The third-order valence-corrected chi connectivity index (χ3v) is 4.40. The minimum absolute atomic E-state index is 0.178. The van der Waals surface area contributed by atoms with Gasteiger partial charge >= 0.3 is 0 Å². The number of aryl methyl sites for hydroxylation is 1. The van der Waals surface area contributed by atoms with Gasteiger partial charge in [0.25, 0.3) is 0 Å². The zero-order chi connectivity index (χ0) is 14.4. The summed E-state index contributed by atoms with van der Waals surface area (Å²) in [7, 11) is 0. The molecule has 4 aromatic rings. The molecule has 1 atom stereocenters. The third kappa shape index (κ3) is 2.24. The highest BCUT2D eigenvalue weighted by Gasteiger charge is 2.15. The molecule has 1 unspecified atom stereocenters. The molecule has 0 saturated carbocycles. The van der Waals surface area contributed by atoms with E-state index in [1.807, 2.05) is 40.4 Å². The molecular weight excluding hydrogens is 282 g/mol. The summed E-state index contributed by atoms with van der Waals surface area (Å²) >= 11 is 1.62. The van der Waals surface area contributed by atoms with E-state index >= 15 is 0 Å². The fourth-order valence-corrected chi connectivity index (χ4v) is 3.29. The van der Waals surface area contributed by atoms with Gasteiger partial charge in [0.2, 0.25) is 0 Å². The van der Waals surface area contributed by atoms with Crippen molar-refractivity contribution < 1.29 is 4.42 Å². The number of thiazole rings is 1. The summed E-state index contributed by atoms with van der Waals surface area (Å²) in [6.45, 7) is 2.07. The second-order valence-corrected chi connectivity index (χ2v) is 6.20. The molecule has 0 bridgehead atoms. The van der Waals surface area contributed by atoms with E-state index < -0.39 is 0 Å². The van der Waals surface area contributed by atoms with Crippen LogP contribution in [0.4, 0.5) is 0 Å². The molecule has 0 aliphatic heterocycles. The molecule has 0 aliphatic carbocycles. The first-order valence-corrected chi connectivity index (χ1v) is 7.74. The summed E-state index contributed by atoms with van der Waals surface area (Å²) in [5, 5.41) is 3.12. The molecule has 0 amide bonds. The number of nitrogens with two attached hydrogens (primary N) is 1. The predicted octanol–water partition coefficient (Wildman–Crippen LogP) is 3.69. The van der Waals surface area contributed by atoms with Crippen molar-refractivity contribution in [2.45, 2.75) is 19.4 Å². The van der Waals surface area contributed by atoms with Gasteiger partial charge in [-0.05, 0) is 25.1 Å². The van der Waals surface area contributed by atoms with E-state index in [2.05, 4.69) is 18.0 Å². The molecule has 0 spiro atoms. The quantitative estimate of drug-likeness (QED) is 0.627. The number of furan rings is 1. The Morgan fingerprint density at radius 3 is 3.14 bits per heavy atom. The van der Waals surface area contributed by atoms with E-state index in [9.17, 15) is 0 Å². The van der Waals surface area contributed by atoms with Crippen LogP contribution in [0.2, 0.25) is 0 Å². The number of fused-ring (bicyclic) bond motifs is 2. The van der Waals surface area contributed by atoms with E-state index in [4.69, 9.17) is 10.2 Å². The maximum Gasteiger partial charge on any atom is 0.193 e. The van der Waals surface area contributed by atoms with Crippen LogP contribution >= 0.6 is 11.3 Å². The molecule has 0 aliphatic rings. The highest BCUT2D eigenvalue weighted by molar-refractivity contribution is 7.15. The van der Waals surface area contributed by atoms with Crippen LogP contribution in [0.5, 0.6) is 0 Å². The molecule has 2 N–H and O–H groups in total. The minimum atomic E-state index is -0.178. The highest BCUT2D eigenvalue weighted by atomic mass is 32.1. The molecule has 4 rings (SSSR count). The number of rotatable bonds is 3. The second-order valence-electron chi connectivity index (χ2n) is 5.33. The molecular formula is C16H15N3OS. The van der Waals surface area contributed by atoms with Gasteiger partial charge in [0, 0.05) is 29.6 Å². The van der Waals surface area contributed by atoms with Crippen molar-refractivity contribution >= 4 is 27.3 Å². The summed E-state index contributed by atoms with van der Waals surface area (Å²) in [6.07, 6.45) is 4.71. The normalized spacial score (nSPS) is 13.2. The van der Waals surface area contributed by atoms with Gasteiger partial charge in [-0.15, -0.1) is 11.3 Å². The van der Waals surface area contributed by atoms with E-state index in [0.29, 0.717) is 6.42 Å². The van der Waals surface area contributed by atoms with Crippen LogP contribution < -0.4 is 5.73 Å². The molecule has 21 heavy (non-hydrogen) atoms. The van der Waals surface area contributed by atoms with Crippen molar-refractivity contribution in [2.75, 3.05) is 0 Å². The van der Waals surface area contributed by atoms with Gasteiger partial charge in [-0.3, -0.25) is 4.40 Å². The number of nitrogens with zero attached hydrogens (tertiary/aromatic N) is 2. The summed E-state index contributed by atoms with van der Waals surface area (Å²) in [4.78, 5) is 5.56. The standard InChI is InChI=1S/C16H15N3OS/c1-10-2-3-14-11(6-10)7-15(20-14)13(17)8-12-9-19-4-5-21-16(19)18-12/h2-7,9,13H,8,17H2,1H3. The van der Waals surface area contributed by atoms with Gasteiger partial charge in [0.1, 0.15) is 11.3 Å². The monoisotopic (exact) mass is 297 g/mol. The Morgan fingerprint density at radius 1 is 1.38 bits per heavy atom. The number of aromatic nitrogens is 2. The van der Waals surface area contributed by atoms with Crippen LogP contribution in [0.25, 0.3) is 15.9 Å². The van der Waals surface area contributed by atoms with Crippen LogP contribution in [0, 0.1) is 6.92 Å². The zero-order valence-electron chi connectivity index (χ0n) is 11.6. The van der Waals surface area contributed by atoms with Crippen molar-refractivity contribution in [1.29, 1.82) is 0 Å². The smallest absolute Gasteiger partial charge is 0.193 e. The highest BCUT2D eigenvalue weighted by Crippen LogP contribution is 2.26. The molecule has 3 heterocycles. The maximum atomic E-state index is 6.28. The van der Waals surface area contributed by atoms with Crippen LogP contribution in [-0.2, 0) is 6.42 Å². The number of benzene rings is 1. The molecule has 0 saturated heterocycles. The summed E-state index contributed by atoms with van der Waals surface area (Å²) in [5.74, 6) is 0.812. The Kier molecular flexibility index (Phi) is 2.83. The van der Waals surface area contributed by atoms with Gasteiger partial charge in [-0.25, -0.2) is 4.98 Å². The van der Waals surface area contributed by atoms with Crippen molar-refractivity contribution in [1.82, 2.24) is 9.38 Å². The largest absolute Gasteiger partial charge is 0.459 e. The van der Waals surface area contributed by atoms with Crippen molar-refractivity contribution in [3.8, 4) is 0 Å². The van der Waals surface area contributed by atoms with E-state index in [-0.39, 0.29) is 6.04 Å². The Bertz CT molecular complexity index is 889. The Morgan fingerprint density at radius 2 is 2.29 bits per heavy atom. The number of imidazole rings is 1. The van der Waals surface area contributed by atoms with Crippen LogP contribution in [-0.4, -0.2) is 9.38 Å². The molecule has 106 valence electrons. The average molecular weight is 297 g/mol. The van der Waals surface area contributed by atoms with Crippen molar-refractivity contribution in [3.05, 3.63) is 59.1 Å². The van der Waals surface area contributed by atoms with Gasteiger partial charge in [0.15, 0.2) is 4.96 Å². The topological polar surface area (TPSA) is 56.5 Å². The Hall–Kier alpha value is -2.11. The lowest BCUT2D eigenvalue weighted by molar-refractivity contribution is 0.492. The van der Waals surface area contributed by atoms with Gasteiger partial charge < -0.3 is 10.2 Å². The summed E-state index contributed by atoms with van der Waals surface area (Å²) in [6, 6.07) is 8.01. The molecule has 5 heteroatoms. The SMILES string of the molecule is Cc1ccc2oc(C(N)Cc3cn4ccsc4n3)cc2c1. The maximum absolute atomic E-state index is 6.28. The lowest BCUT2D eigenvalue weighted by Crippen LogP contribution is -2.12. The number of hydrogen-bond acceptors (Lipinski definition) is 4. The fourth-order valence-electron chi connectivity index (χ4n) is 2.57. The van der Waals surface area contributed by atoms with Crippen molar-refractivity contribution in [3.63, 3.8) is 0 Å². The zero-order valence-corrected chi connectivity index (χ0v) is 12.4. The lowest BCUT2D eigenvalue weighted by Gasteiger charge is -2.05. The number of hydrogen-bond donors (Lipinski definition) is 1. The fraction of sp³-hybridized carbons (Fsp3) is 0.188. The third-order valence-electron chi connectivity index (χ3n) is 3.63. The predicted molar refractivity (Wildman–Crippen MR) is 84.7 cm³/mol. The van der Waals surface area contributed by atoms with Crippen molar-refractivity contribution in [2.24, 2.45) is 5.73 Å². The molecule has 0 radical (unpaired) electrons. The lowest BCUT2D eigenvalue weighted by atomic mass is 10.1. The van der Waals surface area contributed by atoms with Crippen LogP contribution in [0.1, 0.15) is 23.1 Å². The summed E-state index contributed by atoms with van der Waals surface area (Å²) < 4.78 is 7.88. The van der Waals surface area contributed by atoms with Gasteiger partial charge in [0.05, 0.1) is 11.7 Å². The Labute approximate surface area is 125 Å². The second kappa shape index (κ2) is 4.72. The van der Waals surface area contributed by atoms with E-state index in [0.717, 1.165) is 27.4 Å². The first-order valence-electron chi connectivity index (χ1n) is 6.86. The Balaban J connectivity index is 1.63. The van der Waals surface area contributed by atoms with Gasteiger partial charge in [-0.2, -0.15) is 0 Å². The first kappa shape index (κ1) is 12.6. The van der Waals surface area contributed by atoms with E-state index in [1.165, 1.54) is 5.56 Å². The molecule has 3 aromatic heterocycles. The molecule has 1 aromatic carbocycles. The minimum Gasteiger partial charge on any atom is -0.459 e. The van der Waals surface area contributed by atoms with Crippen LogP contribution in [0.15, 0.2) is 46.5 Å². The first-order chi connectivity index (χ1) is 10.2. The van der Waals surface area contributed by atoms with Crippen LogP contribution in [0.3, 0.4) is 0 Å². The average Bonchev–Trinajstić information content (AvgIpc) is 3.10. The van der Waals surface area contributed by atoms with E-state index in [1.54, 1.807) is 11.3 Å². The summed E-state index contributed by atoms with van der Waals surface area (Å²) in [5.41, 5.74) is 9.38. The van der Waals surface area contributed by atoms with Gasteiger partial charge in [-0.1, -0.05) is 11.6 Å².